The fraction of sp³-hybridized carbons (Fsp3) is 0.136. The molecule has 0 unspecified atom stereocenters. The summed E-state index contributed by atoms with van der Waals surface area (Å²) in [6.45, 7) is -0.112. The number of nitrogens with one attached hydrogen (secondary N) is 1. The molecular formula is C22H21NO4. The van der Waals surface area contributed by atoms with Gasteiger partial charge in [0, 0.05) is 11.6 Å². The van der Waals surface area contributed by atoms with E-state index in [0.29, 0.717) is 22.9 Å². The molecule has 1 N–H and O–H groups in total. The Labute approximate surface area is 158 Å². The maximum atomic E-state index is 12.3. The second-order valence-electron chi connectivity index (χ2n) is 5.77. The second kappa shape index (κ2) is 8.76. The third-order valence-corrected chi connectivity index (χ3v) is 4.01. The first kappa shape index (κ1) is 18.3. The number of hydrogen-bond acceptors (Lipinski definition) is 4. The second-order valence-corrected chi connectivity index (χ2v) is 5.77. The Morgan fingerprint density at radius 1 is 0.852 bits per heavy atom. The van der Waals surface area contributed by atoms with Gasteiger partial charge in [-0.3, -0.25) is 4.79 Å². The van der Waals surface area contributed by atoms with E-state index in [1.54, 1.807) is 25.3 Å². The first-order valence-electron chi connectivity index (χ1n) is 8.50. The minimum atomic E-state index is -0.277. The van der Waals surface area contributed by atoms with Crippen LogP contribution in [-0.4, -0.2) is 26.7 Å². The Morgan fingerprint density at radius 3 is 2.33 bits per heavy atom. The van der Waals surface area contributed by atoms with Crippen molar-refractivity contribution in [3.05, 3.63) is 72.8 Å². The molecule has 0 aliphatic rings. The topological polar surface area (TPSA) is 56.8 Å². The molecule has 0 saturated carbocycles. The molecule has 3 aromatic rings. The van der Waals surface area contributed by atoms with Gasteiger partial charge in [0.15, 0.2) is 6.61 Å². The van der Waals surface area contributed by atoms with Crippen LogP contribution in [0.3, 0.4) is 0 Å². The number of methoxy groups -OCH3 is 2. The number of rotatable bonds is 7. The third-order valence-electron chi connectivity index (χ3n) is 4.01. The van der Waals surface area contributed by atoms with Crippen LogP contribution in [0.1, 0.15) is 0 Å². The van der Waals surface area contributed by atoms with E-state index in [1.165, 1.54) is 7.11 Å². The average Bonchev–Trinajstić information content (AvgIpc) is 2.73. The Balaban J connectivity index is 1.69. The maximum Gasteiger partial charge on any atom is 0.262 e. The van der Waals surface area contributed by atoms with Crippen molar-refractivity contribution in [1.82, 2.24) is 0 Å². The fourth-order valence-corrected chi connectivity index (χ4v) is 2.68. The van der Waals surface area contributed by atoms with E-state index in [2.05, 4.69) is 5.32 Å². The van der Waals surface area contributed by atoms with Gasteiger partial charge >= 0.3 is 0 Å². The Hall–Kier alpha value is -3.47. The Kier molecular flexibility index (Phi) is 5.94. The largest absolute Gasteiger partial charge is 0.497 e. The number of benzene rings is 3. The molecule has 0 aliphatic heterocycles. The standard InChI is InChI=1S/C22H21NO4/c1-25-17-12-13-19(21(14-17)26-2)23-22(24)15-27-20-11-7-6-10-18(20)16-8-4-3-5-9-16/h3-14H,15H2,1-2H3,(H,23,24). The summed E-state index contributed by atoms with van der Waals surface area (Å²) < 4.78 is 16.2. The Bertz CT molecular complexity index is 909. The number of para-hydroxylation sites is 1. The van der Waals surface area contributed by atoms with Crippen LogP contribution in [0.2, 0.25) is 0 Å². The summed E-state index contributed by atoms with van der Waals surface area (Å²) in [6, 6.07) is 22.7. The van der Waals surface area contributed by atoms with Gasteiger partial charge in [-0.15, -0.1) is 0 Å². The lowest BCUT2D eigenvalue weighted by Gasteiger charge is -2.13. The smallest absolute Gasteiger partial charge is 0.262 e. The van der Waals surface area contributed by atoms with Crippen LogP contribution < -0.4 is 19.5 Å². The number of carbonyl (C=O) groups excluding carboxylic acids is 1. The zero-order valence-electron chi connectivity index (χ0n) is 15.3. The lowest BCUT2D eigenvalue weighted by molar-refractivity contribution is -0.118. The summed E-state index contributed by atoms with van der Waals surface area (Å²) in [4.78, 5) is 12.3. The normalized spacial score (nSPS) is 10.1. The van der Waals surface area contributed by atoms with Gasteiger partial charge in [-0.25, -0.2) is 0 Å². The molecule has 3 aromatic carbocycles. The van der Waals surface area contributed by atoms with Crippen LogP contribution in [0.5, 0.6) is 17.2 Å². The van der Waals surface area contributed by atoms with Crippen LogP contribution in [0.25, 0.3) is 11.1 Å². The quantitative estimate of drug-likeness (QED) is 0.676. The highest BCUT2D eigenvalue weighted by Gasteiger charge is 2.11. The van der Waals surface area contributed by atoms with Gasteiger partial charge in [-0.1, -0.05) is 48.5 Å². The number of hydrogen-bond donors (Lipinski definition) is 1. The summed E-state index contributed by atoms with van der Waals surface area (Å²) in [5.41, 5.74) is 2.53. The maximum absolute atomic E-state index is 12.3. The molecule has 1 amide bonds. The van der Waals surface area contributed by atoms with E-state index in [4.69, 9.17) is 14.2 Å². The molecule has 3 rings (SSSR count). The SMILES string of the molecule is COc1ccc(NC(=O)COc2ccccc2-c2ccccc2)c(OC)c1. The zero-order chi connectivity index (χ0) is 19.1. The molecule has 0 heterocycles. The van der Waals surface area contributed by atoms with Crippen molar-refractivity contribution in [2.45, 2.75) is 0 Å². The predicted molar refractivity (Wildman–Crippen MR) is 106 cm³/mol. The number of amides is 1. The molecule has 27 heavy (non-hydrogen) atoms. The van der Waals surface area contributed by atoms with Gasteiger partial charge < -0.3 is 19.5 Å². The summed E-state index contributed by atoms with van der Waals surface area (Å²) in [7, 11) is 3.11. The van der Waals surface area contributed by atoms with E-state index >= 15 is 0 Å². The van der Waals surface area contributed by atoms with Gasteiger partial charge in [-0.2, -0.15) is 0 Å². The zero-order valence-corrected chi connectivity index (χ0v) is 15.3. The third kappa shape index (κ3) is 4.58. The van der Waals surface area contributed by atoms with E-state index in [9.17, 15) is 4.79 Å². The monoisotopic (exact) mass is 363 g/mol. The highest BCUT2D eigenvalue weighted by Crippen LogP contribution is 2.30. The first-order valence-corrected chi connectivity index (χ1v) is 8.50. The Morgan fingerprint density at radius 2 is 1.59 bits per heavy atom. The van der Waals surface area contributed by atoms with Crippen molar-refractivity contribution in [1.29, 1.82) is 0 Å². The average molecular weight is 363 g/mol. The van der Waals surface area contributed by atoms with Gasteiger partial charge in [0.1, 0.15) is 17.2 Å². The lowest BCUT2D eigenvalue weighted by Crippen LogP contribution is -2.20. The van der Waals surface area contributed by atoms with Crippen molar-refractivity contribution < 1.29 is 19.0 Å². The van der Waals surface area contributed by atoms with E-state index in [1.807, 2.05) is 54.6 Å². The molecular weight excluding hydrogens is 342 g/mol. The van der Waals surface area contributed by atoms with Gasteiger partial charge in [-0.05, 0) is 23.8 Å². The van der Waals surface area contributed by atoms with Crippen molar-refractivity contribution in [2.75, 3.05) is 26.1 Å². The molecule has 138 valence electrons. The lowest BCUT2D eigenvalue weighted by atomic mass is 10.1. The molecule has 0 radical (unpaired) electrons. The molecule has 0 saturated heterocycles. The molecule has 0 spiro atoms. The minimum absolute atomic E-state index is 0.112. The van der Waals surface area contributed by atoms with E-state index in [0.717, 1.165) is 11.1 Å². The minimum Gasteiger partial charge on any atom is -0.497 e. The van der Waals surface area contributed by atoms with Crippen molar-refractivity contribution in [3.8, 4) is 28.4 Å². The summed E-state index contributed by atoms with van der Waals surface area (Å²) >= 11 is 0. The number of ether oxygens (including phenoxy) is 3. The molecule has 5 heteroatoms. The van der Waals surface area contributed by atoms with Gasteiger partial charge in [0.25, 0.3) is 5.91 Å². The first-order chi connectivity index (χ1) is 13.2. The van der Waals surface area contributed by atoms with E-state index in [-0.39, 0.29) is 12.5 Å². The molecule has 0 bridgehead atoms. The highest BCUT2D eigenvalue weighted by atomic mass is 16.5. The number of anilines is 1. The van der Waals surface area contributed by atoms with Crippen LogP contribution in [0.15, 0.2) is 72.8 Å². The molecule has 0 aromatic heterocycles. The van der Waals surface area contributed by atoms with Crippen molar-refractivity contribution in [3.63, 3.8) is 0 Å². The molecule has 5 nitrogen and oxygen atoms in total. The highest BCUT2D eigenvalue weighted by molar-refractivity contribution is 5.93. The molecule has 0 aliphatic carbocycles. The summed E-state index contributed by atoms with van der Waals surface area (Å²) in [5.74, 6) is 1.55. The van der Waals surface area contributed by atoms with Crippen LogP contribution in [0.4, 0.5) is 5.69 Å². The molecule has 0 fully saturated rings. The number of carbonyl (C=O) groups is 1. The van der Waals surface area contributed by atoms with Crippen molar-refractivity contribution >= 4 is 11.6 Å². The molecule has 0 atom stereocenters. The van der Waals surface area contributed by atoms with E-state index < -0.39 is 0 Å². The summed E-state index contributed by atoms with van der Waals surface area (Å²) in [5, 5.41) is 2.80. The van der Waals surface area contributed by atoms with Crippen LogP contribution in [0, 0.1) is 0 Å². The van der Waals surface area contributed by atoms with Crippen LogP contribution in [-0.2, 0) is 4.79 Å². The summed E-state index contributed by atoms with van der Waals surface area (Å²) in [6.07, 6.45) is 0. The van der Waals surface area contributed by atoms with Crippen molar-refractivity contribution in [2.24, 2.45) is 0 Å². The van der Waals surface area contributed by atoms with Gasteiger partial charge in [0.2, 0.25) is 0 Å². The van der Waals surface area contributed by atoms with Gasteiger partial charge in [0.05, 0.1) is 19.9 Å². The fourth-order valence-electron chi connectivity index (χ4n) is 2.68. The van der Waals surface area contributed by atoms with Crippen LogP contribution >= 0.6 is 0 Å². The predicted octanol–water partition coefficient (Wildman–Crippen LogP) is 4.39.